The summed E-state index contributed by atoms with van der Waals surface area (Å²) in [6, 6.07) is 52.6. The van der Waals surface area contributed by atoms with Crippen molar-refractivity contribution in [2.75, 3.05) is 0 Å². The van der Waals surface area contributed by atoms with E-state index in [-0.39, 0.29) is 6.17 Å². The molecule has 3 heteroatoms. The van der Waals surface area contributed by atoms with E-state index in [0.29, 0.717) is 6.54 Å². The van der Waals surface area contributed by atoms with Crippen LogP contribution in [0.1, 0.15) is 34.0 Å². The highest BCUT2D eigenvalue weighted by Crippen LogP contribution is 2.32. The largest absolute Gasteiger partial charge is 0.398 e. The van der Waals surface area contributed by atoms with Crippen LogP contribution in [0.3, 0.4) is 0 Å². The Morgan fingerprint density at radius 3 is 1.84 bits per heavy atom. The van der Waals surface area contributed by atoms with Crippen LogP contribution in [0.2, 0.25) is 0 Å². The van der Waals surface area contributed by atoms with Gasteiger partial charge in [0, 0.05) is 12.2 Å². The lowest BCUT2D eigenvalue weighted by Crippen LogP contribution is -2.28. The molecule has 6 aromatic rings. The Balaban J connectivity index is 1.30. The second kappa shape index (κ2) is 13.8. The molecule has 44 heavy (non-hydrogen) atoms. The molecule has 0 saturated heterocycles. The molecule has 0 aliphatic rings. The average Bonchev–Trinajstić information content (AvgIpc) is 3.09. The number of hydrogen-bond acceptors (Lipinski definition) is 3. The molecule has 6 rings (SSSR count). The molecule has 0 fully saturated rings. The smallest absolute Gasteiger partial charge is 0.0818 e. The van der Waals surface area contributed by atoms with Crippen LogP contribution in [-0.2, 0) is 13.0 Å². The van der Waals surface area contributed by atoms with Crippen molar-refractivity contribution in [2.24, 2.45) is 11.5 Å². The molecule has 0 heterocycles. The van der Waals surface area contributed by atoms with Crippen molar-refractivity contribution in [1.82, 2.24) is 5.32 Å². The molecular weight excluding hydrogens is 534 g/mol. The lowest BCUT2D eigenvalue weighted by atomic mass is 9.93. The normalized spacial score (nSPS) is 12.8. The van der Waals surface area contributed by atoms with Crippen LogP contribution < -0.4 is 16.8 Å². The van der Waals surface area contributed by atoms with Crippen molar-refractivity contribution in [3.63, 3.8) is 0 Å². The van der Waals surface area contributed by atoms with E-state index in [2.05, 4.69) is 139 Å². The molecule has 5 N–H and O–H groups in total. The number of fused-ring (bicyclic) bond motifs is 1. The van der Waals surface area contributed by atoms with E-state index in [1.807, 2.05) is 30.3 Å². The Morgan fingerprint density at radius 1 is 0.614 bits per heavy atom. The van der Waals surface area contributed by atoms with Gasteiger partial charge >= 0.3 is 0 Å². The second-order valence-corrected chi connectivity index (χ2v) is 11.0. The Labute approximate surface area is 260 Å². The van der Waals surface area contributed by atoms with Gasteiger partial charge in [0.15, 0.2) is 0 Å². The fraction of sp³-hybridized carbons (Fsp3) is 0.0732. The van der Waals surface area contributed by atoms with E-state index < -0.39 is 0 Å². The molecular formula is C41H37N3. The minimum absolute atomic E-state index is 0.331. The van der Waals surface area contributed by atoms with Crippen LogP contribution in [0.5, 0.6) is 0 Å². The van der Waals surface area contributed by atoms with Crippen LogP contribution in [0.25, 0.3) is 33.2 Å². The summed E-state index contributed by atoms with van der Waals surface area (Å²) in [5.74, 6) is 0. The zero-order valence-corrected chi connectivity index (χ0v) is 24.7. The zero-order chi connectivity index (χ0) is 30.1. The van der Waals surface area contributed by atoms with Gasteiger partial charge in [-0.2, -0.15) is 0 Å². The average molecular weight is 572 g/mol. The van der Waals surface area contributed by atoms with E-state index in [1.54, 1.807) is 0 Å². The van der Waals surface area contributed by atoms with Gasteiger partial charge in [0.25, 0.3) is 0 Å². The first-order valence-corrected chi connectivity index (χ1v) is 15.1. The summed E-state index contributed by atoms with van der Waals surface area (Å²) in [6.07, 6.45) is 4.83. The summed E-state index contributed by atoms with van der Waals surface area (Å²) in [4.78, 5) is 0. The maximum atomic E-state index is 6.78. The van der Waals surface area contributed by atoms with E-state index in [1.165, 1.54) is 21.9 Å². The Kier molecular flexibility index (Phi) is 9.08. The minimum Gasteiger partial charge on any atom is -0.398 e. The number of hydrogen-bond donors (Lipinski definition) is 3. The lowest BCUT2D eigenvalue weighted by Gasteiger charge is -2.20. The molecule has 0 aliphatic heterocycles. The molecule has 0 aliphatic carbocycles. The van der Waals surface area contributed by atoms with Crippen molar-refractivity contribution >= 4 is 22.0 Å². The lowest BCUT2D eigenvalue weighted by molar-refractivity contribution is 0.553. The minimum atomic E-state index is -0.331. The maximum absolute atomic E-state index is 6.78. The quantitative estimate of drug-likeness (QED) is 0.114. The highest BCUT2D eigenvalue weighted by molar-refractivity contribution is 5.90. The van der Waals surface area contributed by atoms with E-state index in [4.69, 9.17) is 11.5 Å². The molecule has 6 aromatic carbocycles. The summed E-state index contributed by atoms with van der Waals surface area (Å²) in [5, 5.41) is 5.87. The van der Waals surface area contributed by atoms with Crippen molar-refractivity contribution < 1.29 is 0 Å². The number of nitrogens with two attached hydrogens (primary N) is 2. The first kappa shape index (κ1) is 28.9. The summed E-state index contributed by atoms with van der Waals surface area (Å²) in [7, 11) is 0. The first-order valence-electron chi connectivity index (χ1n) is 15.1. The van der Waals surface area contributed by atoms with Gasteiger partial charge in [0.1, 0.15) is 0 Å². The van der Waals surface area contributed by atoms with Crippen LogP contribution in [-0.4, -0.2) is 0 Å². The molecule has 1 unspecified atom stereocenters. The van der Waals surface area contributed by atoms with E-state index >= 15 is 0 Å². The monoisotopic (exact) mass is 571 g/mol. The highest BCUT2D eigenvalue weighted by Gasteiger charge is 2.14. The summed E-state index contributed by atoms with van der Waals surface area (Å²) >= 11 is 0. The van der Waals surface area contributed by atoms with Gasteiger partial charge in [-0.05, 0) is 79.9 Å². The van der Waals surface area contributed by atoms with Crippen LogP contribution in [0, 0.1) is 0 Å². The predicted molar refractivity (Wildman–Crippen MR) is 186 cm³/mol. The maximum Gasteiger partial charge on any atom is 0.0818 e. The van der Waals surface area contributed by atoms with Crippen molar-refractivity contribution in [3.8, 4) is 11.1 Å². The van der Waals surface area contributed by atoms with Crippen LogP contribution in [0.4, 0.5) is 0 Å². The second-order valence-electron chi connectivity index (χ2n) is 11.0. The molecule has 0 aromatic heterocycles. The predicted octanol–water partition coefficient (Wildman–Crippen LogP) is 8.88. The number of benzene rings is 6. The topological polar surface area (TPSA) is 64.1 Å². The highest BCUT2D eigenvalue weighted by atomic mass is 15.0. The Morgan fingerprint density at radius 2 is 1.18 bits per heavy atom. The molecule has 0 saturated carbocycles. The van der Waals surface area contributed by atoms with Gasteiger partial charge in [-0.15, -0.1) is 0 Å². The molecule has 0 bridgehead atoms. The molecule has 216 valence electrons. The summed E-state index contributed by atoms with van der Waals surface area (Å²) < 4.78 is 0. The molecule has 0 radical (unpaired) electrons. The fourth-order valence-electron chi connectivity index (χ4n) is 5.52. The Hall–Kier alpha value is -5.22. The molecule has 0 amide bonds. The Bertz CT molecular complexity index is 1870. The van der Waals surface area contributed by atoms with Crippen molar-refractivity contribution in [3.05, 3.63) is 192 Å². The van der Waals surface area contributed by atoms with Gasteiger partial charge in [0.2, 0.25) is 0 Å². The zero-order valence-electron chi connectivity index (χ0n) is 24.7. The van der Waals surface area contributed by atoms with Crippen molar-refractivity contribution in [2.45, 2.75) is 19.1 Å². The van der Waals surface area contributed by atoms with Gasteiger partial charge in [-0.25, -0.2) is 0 Å². The molecule has 3 nitrogen and oxygen atoms in total. The van der Waals surface area contributed by atoms with Crippen molar-refractivity contribution in [1.29, 1.82) is 0 Å². The standard InChI is InChI=1S/C41H37N3/c42-40(28-37(32-16-8-3-9-17-32)21-20-30-12-4-1-5-13-30)34-24-22-33(23-25-34)38-26-35-18-10-11-19-36(35)27-39(38)41(43)44-29-31-14-6-2-7-15-31/h1-19,21-28,41,44H,20,29,42-43H2/b37-21+,40-28-. The third kappa shape index (κ3) is 7.04. The number of rotatable bonds is 10. The van der Waals surface area contributed by atoms with Gasteiger partial charge in [-0.3, -0.25) is 5.32 Å². The SMILES string of the molecule is N/C(=C\C(=C/Cc1ccccc1)c1ccccc1)c1ccc(-c2cc3ccccc3cc2C(N)NCc2ccccc2)cc1. The number of nitrogens with one attached hydrogen (secondary N) is 1. The summed E-state index contributed by atoms with van der Waals surface area (Å²) in [5.41, 5.74) is 23.2. The first-order chi connectivity index (χ1) is 21.6. The van der Waals surface area contributed by atoms with E-state index in [9.17, 15) is 0 Å². The van der Waals surface area contributed by atoms with Gasteiger partial charge in [-0.1, -0.05) is 146 Å². The van der Waals surface area contributed by atoms with Gasteiger partial charge in [0.05, 0.1) is 6.17 Å². The third-order valence-electron chi connectivity index (χ3n) is 7.97. The van der Waals surface area contributed by atoms with Crippen LogP contribution in [0.15, 0.2) is 164 Å². The molecule has 0 spiro atoms. The van der Waals surface area contributed by atoms with Crippen LogP contribution >= 0.6 is 0 Å². The number of allylic oxidation sites excluding steroid dienone is 3. The third-order valence-corrected chi connectivity index (χ3v) is 7.97. The van der Waals surface area contributed by atoms with E-state index in [0.717, 1.165) is 45.5 Å². The summed E-state index contributed by atoms with van der Waals surface area (Å²) in [6.45, 7) is 0.691. The molecule has 1 atom stereocenters. The fourth-order valence-corrected chi connectivity index (χ4v) is 5.52. The van der Waals surface area contributed by atoms with Gasteiger partial charge < -0.3 is 11.5 Å².